The van der Waals surface area contributed by atoms with Gasteiger partial charge in [0.15, 0.2) is 9.84 Å². The molecule has 0 aromatic heterocycles. The number of benzene rings is 2. The number of aryl methyl sites for hydroxylation is 1. The first-order valence-corrected chi connectivity index (χ1v) is 8.37. The predicted molar refractivity (Wildman–Crippen MR) is 82.8 cm³/mol. The van der Waals surface area contributed by atoms with E-state index in [4.69, 9.17) is 0 Å². The van der Waals surface area contributed by atoms with Gasteiger partial charge in [0.25, 0.3) is 0 Å². The Hall–Kier alpha value is -1.81. The Bertz CT molecular complexity index is 721. The number of anilines is 1. The maximum atomic E-state index is 11.7. The molecule has 0 amide bonds. The van der Waals surface area contributed by atoms with Crippen LogP contribution in [0.2, 0.25) is 0 Å². The first-order chi connectivity index (χ1) is 9.39. The van der Waals surface area contributed by atoms with E-state index in [1.165, 1.54) is 22.9 Å². The molecule has 3 nitrogen and oxygen atoms in total. The lowest BCUT2D eigenvalue weighted by atomic mass is 10.0. The lowest BCUT2D eigenvalue weighted by molar-refractivity contribution is 0.602. The maximum absolute atomic E-state index is 11.7. The van der Waals surface area contributed by atoms with Crippen molar-refractivity contribution in [2.75, 3.05) is 11.6 Å². The van der Waals surface area contributed by atoms with Crippen LogP contribution in [0.5, 0.6) is 0 Å². The average molecular weight is 289 g/mol. The summed E-state index contributed by atoms with van der Waals surface area (Å²) >= 11 is 0. The Morgan fingerprint density at radius 3 is 2.40 bits per heavy atom. The predicted octanol–water partition coefficient (Wildman–Crippen LogP) is 3.32. The molecule has 106 valence electrons. The highest BCUT2D eigenvalue weighted by molar-refractivity contribution is 7.90. The van der Waals surface area contributed by atoms with Crippen LogP contribution in [-0.4, -0.2) is 14.7 Å². The highest BCUT2D eigenvalue weighted by atomic mass is 32.2. The second-order valence-electron chi connectivity index (χ2n) is 4.98. The van der Waals surface area contributed by atoms with Crippen LogP contribution in [0, 0.1) is 13.8 Å². The van der Waals surface area contributed by atoms with Crippen LogP contribution in [-0.2, 0) is 16.4 Å². The zero-order chi connectivity index (χ0) is 14.8. The summed E-state index contributed by atoms with van der Waals surface area (Å²) in [4.78, 5) is 0.338. The molecule has 0 unspecified atom stereocenters. The minimum atomic E-state index is -3.22. The van der Waals surface area contributed by atoms with Gasteiger partial charge in [-0.15, -0.1) is 0 Å². The number of rotatable bonds is 4. The maximum Gasteiger partial charge on any atom is 0.177 e. The molecule has 0 spiro atoms. The van der Waals surface area contributed by atoms with E-state index in [0.29, 0.717) is 17.1 Å². The fourth-order valence-corrected chi connectivity index (χ4v) is 3.00. The molecule has 0 aliphatic rings. The number of para-hydroxylation sites is 1. The molecule has 4 heteroatoms. The van der Waals surface area contributed by atoms with E-state index in [2.05, 4.69) is 31.3 Å². The number of hydrogen-bond donors (Lipinski definition) is 1. The summed E-state index contributed by atoms with van der Waals surface area (Å²) in [6.07, 6.45) is 1.23. The van der Waals surface area contributed by atoms with E-state index >= 15 is 0 Å². The van der Waals surface area contributed by atoms with Gasteiger partial charge in [0, 0.05) is 12.8 Å². The molecule has 0 radical (unpaired) electrons. The van der Waals surface area contributed by atoms with Crippen LogP contribution in [0.15, 0.2) is 47.4 Å². The van der Waals surface area contributed by atoms with Crippen LogP contribution in [0.1, 0.15) is 16.7 Å². The Morgan fingerprint density at radius 2 is 1.70 bits per heavy atom. The molecule has 2 rings (SSSR count). The van der Waals surface area contributed by atoms with Crippen LogP contribution >= 0.6 is 0 Å². The first-order valence-electron chi connectivity index (χ1n) is 6.47. The Morgan fingerprint density at radius 1 is 1.00 bits per heavy atom. The van der Waals surface area contributed by atoms with Gasteiger partial charge in [-0.25, -0.2) is 8.42 Å². The molecule has 0 aliphatic heterocycles. The van der Waals surface area contributed by atoms with Crippen molar-refractivity contribution in [3.63, 3.8) is 0 Å². The molecule has 0 saturated carbocycles. The third-order valence-corrected chi connectivity index (χ3v) is 4.63. The third-order valence-electron chi connectivity index (χ3n) is 3.47. The minimum absolute atomic E-state index is 0.338. The standard InChI is InChI=1S/C16H19NO2S/c1-12-7-6-8-14(13(12)2)11-17-15-9-4-5-10-16(15)20(3,18)19/h4-10,17H,11H2,1-3H3. The van der Waals surface area contributed by atoms with E-state index < -0.39 is 9.84 Å². The van der Waals surface area contributed by atoms with Crippen molar-refractivity contribution in [2.24, 2.45) is 0 Å². The molecule has 20 heavy (non-hydrogen) atoms. The van der Waals surface area contributed by atoms with Gasteiger partial charge in [-0.05, 0) is 42.7 Å². The van der Waals surface area contributed by atoms with E-state index in [0.717, 1.165) is 0 Å². The highest BCUT2D eigenvalue weighted by Gasteiger charge is 2.12. The van der Waals surface area contributed by atoms with Crippen molar-refractivity contribution in [1.29, 1.82) is 0 Å². The largest absolute Gasteiger partial charge is 0.380 e. The van der Waals surface area contributed by atoms with Crippen molar-refractivity contribution < 1.29 is 8.42 Å². The monoisotopic (exact) mass is 289 g/mol. The SMILES string of the molecule is Cc1cccc(CNc2ccccc2S(C)(=O)=O)c1C. The highest BCUT2D eigenvalue weighted by Crippen LogP contribution is 2.22. The van der Waals surface area contributed by atoms with E-state index in [1.807, 2.05) is 12.1 Å². The molecule has 2 aromatic carbocycles. The molecule has 0 saturated heterocycles. The van der Waals surface area contributed by atoms with Gasteiger partial charge in [0.2, 0.25) is 0 Å². The zero-order valence-corrected chi connectivity index (χ0v) is 12.8. The quantitative estimate of drug-likeness (QED) is 0.939. The second-order valence-corrected chi connectivity index (χ2v) is 6.97. The fraction of sp³-hybridized carbons (Fsp3) is 0.250. The van der Waals surface area contributed by atoms with E-state index in [1.54, 1.807) is 18.2 Å². The Balaban J connectivity index is 2.26. The first kappa shape index (κ1) is 14.6. The summed E-state index contributed by atoms with van der Waals surface area (Å²) in [6, 6.07) is 13.1. The van der Waals surface area contributed by atoms with E-state index in [-0.39, 0.29) is 0 Å². The fourth-order valence-electron chi connectivity index (χ4n) is 2.13. The number of nitrogens with one attached hydrogen (secondary N) is 1. The molecule has 0 heterocycles. The molecular weight excluding hydrogens is 270 g/mol. The lowest BCUT2D eigenvalue weighted by Crippen LogP contribution is -2.07. The molecule has 0 bridgehead atoms. The van der Waals surface area contributed by atoms with Crippen molar-refractivity contribution in [3.8, 4) is 0 Å². The lowest BCUT2D eigenvalue weighted by Gasteiger charge is -2.13. The Kier molecular flexibility index (Phi) is 4.14. The average Bonchev–Trinajstić information content (AvgIpc) is 2.40. The van der Waals surface area contributed by atoms with Gasteiger partial charge in [-0.2, -0.15) is 0 Å². The van der Waals surface area contributed by atoms with Gasteiger partial charge < -0.3 is 5.32 Å². The number of sulfone groups is 1. The summed E-state index contributed by atoms with van der Waals surface area (Å²) < 4.78 is 23.5. The van der Waals surface area contributed by atoms with Crippen LogP contribution < -0.4 is 5.32 Å². The Labute approximate surface area is 120 Å². The van der Waals surface area contributed by atoms with Gasteiger partial charge in [0.1, 0.15) is 0 Å². The van der Waals surface area contributed by atoms with Crippen LogP contribution in [0.3, 0.4) is 0 Å². The van der Waals surface area contributed by atoms with Gasteiger partial charge in [-0.1, -0.05) is 30.3 Å². The van der Waals surface area contributed by atoms with Crippen molar-refractivity contribution in [1.82, 2.24) is 0 Å². The molecule has 0 aliphatic carbocycles. The summed E-state index contributed by atoms with van der Waals surface area (Å²) in [5.74, 6) is 0. The third kappa shape index (κ3) is 3.20. The molecule has 1 N–H and O–H groups in total. The van der Waals surface area contributed by atoms with Gasteiger partial charge >= 0.3 is 0 Å². The topological polar surface area (TPSA) is 46.2 Å². The minimum Gasteiger partial charge on any atom is -0.380 e. The molecule has 0 atom stereocenters. The summed E-state index contributed by atoms with van der Waals surface area (Å²) in [5.41, 5.74) is 4.29. The van der Waals surface area contributed by atoms with Gasteiger partial charge in [-0.3, -0.25) is 0 Å². The smallest absolute Gasteiger partial charge is 0.177 e. The normalized spacial score (nSPS) is 11.3. The molecular formula is C16H19NO2S. The molecule has 0 fully saturated rings. The zero-order valence-electron chi connectivity index (χ0n) is 12.0. The van der Waals surface area contributed by atoms with E-state index in [9.17, 15) is 8.42 Å². The number of hydrogen-bond acceptors (Lipinski definition) is 3. The van der Waals surface area contributed by atoms with Crippen molar-refractivity contribution in [3.05, 3.63) is 59.2 Å². The van der Waals surface area contributed by atoms with Crippen LogP contribution in [0.4, 0.5) is 5.69 Å². The summed E-state index contributed by atoms with van der Waals surface area (Å²) in [6.45, 7) is 4.76. The van der Waals surface area contributed by atoms with Crippen LogP contribution in [0.25, 0.3) is 0 Å². The molecule has 2 aromatic rings. The van der Waals surface area contributed by atoms with Crippen molar-refractivity contribution >= 4 is 15.5 Å². The van der Waals surface area contributed by atoms with Crippen molar-refractivity contribution in [2.45, 2.75) is 25.3 Å². The summed E-state index contributed by atoms with van der Waals surface area (Å²) in [5, 5.41) is 3.22. The van der Waals surface area contributed by atoms with Gasteiger partial charge in [0.05, 0.1) is 10.6 Å². The second kappa shape index (κ2) is 5.67. The summed E-state index contributed by atoms with van der Waals surface area (Å²) in [7, 11) is -3.22.